The molecule has 1 fully saturated rings. The third-order valence-electron chi connectivity index (χ3n) is 6.33. The number of amides is 3. The molecule has 0 radical (unpaired) electrons. The summed E-state index contributed by atoms with van der Waals surface area (Å²) in [6.45, 7) is 3.12. The van der Waals surface area contributed by atoms with Gasteiger partial charge >= 0.3 is 18.1 Å². The monoisotopic (exact) mass is 547 g/mol. The molecule has 0 saturated carbocycles. The molecule has 0 atom stereocenters. The Balaban J connectivity index is 1.35. The second-order valence-electron chi connectivity index (χ2n) is 9.38. The first-order chi connectivity index (χ1) is 18.7. The molecule has 2 heterocycles. The summed E-state index contributed by atoms with van der Waals surface area (Å²) in [5.74, 6) is -0.118. The van der Waals surface area contributed by atoms with E-state index in [4.69, 9.17) is 9.63 Å². The molecule has 4 N–H and O–H groups in total. The molecule has 0 aliphatic carbocycles. The van der Waals surface area contributed by atoms with Crippen molar-refractivity contribution in [2.24, 2.45) is 5.92 Å². The highest BCUT2D eigenvalue weighted by molar-refractivity contribution is 6.00. The lowest BCUT2D eigenvalue weighted by atomic mass is 9.97. The van der Waals surface area contributed by atoms with Gasteiger partial charge in [0, 0.05) is 23.8 Å². The van der Waals surface area contributed by atoms with Gasteiger partial charge in [-0.15, -0.1) is 0 Å². The summed E-state index contributed by atoms with van der Waals surface area (Å²) >= 11 is 0. The molecule has 10 nitrogen and oxygen atoms in total. The van der Waals surface area contributed by atoms with Crippen LogP contribution < -0.4 is 20.6 Å². The van der Waals surface area contributed by atoms with Crippen molar-refractivity contribution in [1.29, 1.82) is 0 Å². The molecule has 39 heavy (non-hydrogen) atoms. The minimum Gasteiger partial charge on any atom is -0.395 e. The van der Waals surface area contributed by atoms with E-state index in [2.05, 4.69) is 26.1 Å². The van der Waals surface area contributed by atoms with Crippen LogP contribution in [0.5, 0.6) is 0 Å². The van der Waals surface area contributed by atoms with Gasteiger partial charge in [-0.05, 0) is 49.7 Å². The molecular formula is C26H30F3N6O4+. The third kappa shape index (κ3) is 8.52. The van der Waals surface area contributed by atoms with Crippen LogP contribution in [-0.2, 0) is 23.9 Å². The van der Waals surface area contributed by atoms with Gasteiger partial charge in [-0.2, -0.15) is 13.2 Å². The molecule has 13 heteroatoms. The van der Waals surface area contributed by atoms with E-state index < -0.39 is 23.7 Å². The van der Waals surface area contributed by atoms with Gasteiger partial charge in [0.05, 0.1) is 18.6 Å². The Kier molecular flexibility index (Phi) is 9.15. The van der Waals surface area contributed by atoms with Crippen molar-refractivity contribution in [3.63, 3.8) is 0 Å². The van der Waals surface area contributed by atoms with Crippen molar-refractivity contribution in [3.05, 3.63) is 65.9 Å². The van der Waals surface area contributed by atoms with Gasteiger partial charge in [-0.3, -0.25) is 14.6 Å². The third-order valence-corrected chi connectivity index (χ3v) is 6.33. The van der Waals surface area contributed by atoms with E-state index in [1.165, 1.54) is 12.3 Å². The predicted molar refractivity (Wildman–Crippen MR) is 136 cm³/mol. The highest BCUT2D eigenvalue weighted by atomic mass is 19.4. The number of nitrogens with one attached hydrogen (secondary N) is 3. The maximum absolute atomic E-state index is 13.5. The quantitative estimate of drug-likeness (QED) is 0.304. The van der Waals surface area contributed by atoms with E-state index in [0.717, 1.165) is 38.1 Å². The second-order valence-corrected chi connectivity index (χ2v) is 9.38. The van der Waals surface area contributed by atoms with Gasteiger partial charge in [-0.25, -0.2) is 4.79 Å². The van der Waals surface area contributed by atoms with Gasteiger partial charge < -0.3 is 20.6 Å². The van der Waals surface area contributed by atoms with Crippen molar-refractivity contribution in [3.8, 4) is 0 Å². The molecule has 1 aliphatic rings. The van der Waals surface area contributed by atoms with Gasteiger partial charge in [0.1, 0.15) is 0 Å². The van der Waals surface area contributed by atoms with E-state index in [0.29, 0.717) is 24.6 Å². The van der Waals surface area contributed by atoms with E-state index in [1.807, 2.05) is 0 Å². The highest BCUT2D eigenvalue weighted by Gasteiger charge is 2.32. The topological polar surface area (TPSA) is 124 Å². The van der Waals surface area contributed by atoms with Crippen molar-refractivity contribution >= 4 is 29.2 Å². The van der Waals surface area contributed by atoms with Crippen molar-refractivity contribution in [2.45, 2.75) is 32.0 Å². The number of anilines is 3. The van der Waals surface area contributed by atoms with Crippen LogP contribution in [0.3, 0.4) is 0 Å². The Morgan fingerprint density at radius 3 is 2.41 bits per heavy atom. The fraction of sp³-hybridized carbons (Fsp3) is 0.385. The maximum Gasteiger partial charge on any atom is 0.416 e. The number of halogens is 3. The van der Waals surface area contributed by atoms with Gasteiger partial charge in [-0.1, -0.05) is 35.0 Å². The number of nitrogens with zero attached hydrogens (tertiary/aromatic N) is 3. The number of piperidine rings is 1. The molecule has 1 aliphatic heterocycles. The number of aliphatic hydroxyl groups excluding tert-OH is 1. The van der Waals surface area contributed by atoms with Gasteiger partial charge in [0.2, 0.25) is 11.2 Å². The molecule has 0 spiro atoms. The fourth-order valence-electron chi connectivity index (χ4n) is 4.41. The molecule has 1 saturated heterocycles. The van der Waals surface area contributed by atoms with E-state index in [1.54, 1.807) is 35.0 Å². The number of hydrogen-bond acceptors (Lipinski definition) is 6. The summed E-state index contributed by atoms with van der Waals surface area (Å²) in [4.78, 5) is 27.1. The molecule has 2 aromatic carbocycles. The summed E-state index contributed by atoms with van der Waals surface area (Å²) in [5.41, 5.74) is -0.600. The number of aliphatic hydroxyl groups is 1. The summed E-state index contributed by atoms with van der Waals surface area (Å²) < 4.78 is 47.2. The van der Waals surface area contributed by atoms with Crippen LogP contribution in [0.4, 0.5) is 35.2 Å². The molecular weight excluding hydrogens is 517 g/mol. The number of aromatic nitrogens is 2. The molecule has 3 amide bonds. The van der Waals surface area contributed by atoms with Crippen molar-refractivity contribution in [2.75, 3.05) is 42.2 Å². The Morgan fingerprint density at radius 2 is 1.74 bits per heavy atom. The summed E-state index contributed by atoms with van der Waals surface area (Å²) in [5, 5.41) is 20.2. The molecule has 0 bridgehead atoms. The lowest BCUT2D eigenvalue weighted by molar-refractivity contribution is -0.767. The van der Waals surface area contributed by atoms with Crippen LogP contribution in [0.1, 0.15) is 24.0 Å². The first-order valence-electron chi connectivity index (χ1n) is 12.5. The minimum atomic E-state index is -4.70. The first-order valence-corrected chi connectivity index (χ1v) is 12.5. The van der Waals surface area contributed by atoms with E-state index >= 15 is 0 Å². The first kappa shape index (κ1) is 28.0. The number of β-amino-alcohol motifs (C(OH)–C–C–N with tert-alkyl or cyclic N) is 1. The smallest absolute Gasteiger partial charge is 0.395 e. The number of alkyl halides is 3. The van der Waals surface area contributed by atoms with E-state index in [-0.39, 0.29) is 30.3 Å². The number of benzene rings is 2. The Morgan fingerprint density at radius 1 is 1.05 bits per heavy atom. The summed E-state index contributed by atoms with van der Waals surface area (Å²) in [6.07, 6.45) is -1.35. The second kappa shape index (κ2) is 12.7. The van der Waals surface area contributed by atoms with Crippen LogP contribution in [-0.4, -0.2) is 53.5 Å². The zero-order chi connectivity index (χ0) is 27.8. The Hall–Kier alpha value is -3.97. The molecule has 0 unspecified atom stereocenters. The SMILES string of the molecule is O=C(Cc1ccccc1)Nc1cc(NC(=O)Nc2c[n+](CC3CCN(CCO)CC3)no2)cc(C(F)(F)F)c1. The zero-order valence-corrected chi connectivity index (χ0v) is 21.1. The summed E-state index contributed by atoms with van der Waals surface area (Å²) in [6, 6.07) is 10.8. The number of carbonyl (C=O) groups excluding carboxylic acids is 2. The molecule has 208 valence electrons. The van der Waals surface area contributed by atoms with Gasteiger partial charge in [0.15, 0.2) is 6.54 Å². The van der Waals surface area contributed by atoms with Crippen molar-refractivity contribution < 1.29 is 37.1 Å². The Bertz CT molecular complexity index is 1260. The number of carbonyl (C=O) groups is 2. The van der Waals surface area contributed by atoms with Crippen molar-refractivity contribution in [1.82, 2.24) is 10.2 Å². The zero-order valence-electron chi connectivity index (χ0n) is 21.1. The molecule has 1 aromatic heterocycles. The fourth-order valence-corrected chi connectivity index (χ4v) is 4.41. The lowest BCUT2D eigenvalue weighted by Crippen LogP contribution is -2.43. The number of rotatable bonds is 9. The predicted octanol–water partition coefficient (Wildman–Crippen LogP) is 3.51. The number of likely N-dealkylation sites (tertiary alicyclic amines) is 1. The molecule has 3 aromatic rings. The van der Waals surface area contributed by atoms with Crippen LogP contribution in [0.25, 0.3) is 0 Å². The molecule has 4 rings (SSSR count). The maximum atomic E-state index is 13.5. The van der Waals surface area contributed by atoms with Crippen LogP contribution in [0.2, 0.25) is 0 Å². The Labute approximate surface area is 222 Å². The lowest BCUT2D eigenvalue weighted by Gasteiger charge is -2.29. The average molecular weight is 548 g/mol. The average Bonchev–Trinajstić information content (AvgIpc) is 3.31. The summed E-state index contributed by atoms with van der Waals surface area (Å²) in [7, 11) is 0. The van der Waals surface area contributed by atoms with Gasteiger partial charge in [0.25, 0.3) is 6.20 Å². The normalized spacial score (nSPS) is 14.7. The number of hydrogen-bond donors (Lipinski definition) is 4. The van der Waals surface area contributed by atoms with Crippen LogP contribution in [0.15, 0.2) is 59.3 Å². The number of urea groups is 1. The minimum absolute atomic E-state index is 0.0202. The van der Waals surface area contributed by atoms with E-state index in [9.17, 15) is 22.8 Å². The standard InChI is InChI=1S/C26H29F3N6O4/c27-26(28,29)20-13-21(30-23(37)12-18-4-2-1-3-5-18)15-22(14-20)31-25(38)32-24-17-35(33-39-24)16-19-6-8-34(9-7-19)10-11-36/h1-5,13-15,17,19,36H,6-12,16H2,(H2-,30,31,32,33,37,38)/p+1. The highest BCUT2D eigenvalue weighted by Crippen LogP contribution is 2.33. The van der Waals surface area contributed by atoms with Crippen LogP contribution in [0, 0.1) is 5.92 Å². The van der Waals surface area contributed by atoms with Crippen LogP contribution >= 0.6 is 0 Å². The largest absolute Gasteiger partial charge is 0.416 e.